The zero-order valence-electron chi connectivity index (χ0n) is 9.92. The van der Waals surface area contributed by atoms with Gasteiger partial charge in [0, 0.05) is 18.1 Å². The summed E-state index contributed by atoms with van der Waals surface area (Å²) in [5, 5.41) is 9.13. The average molecular weight is 249 g/mol. The van der Waals surface area contributed by atoms with Crippen LogP contribution >= 0.6 is 11.5 Å². The fraction of sp³-hybridized carbons (Fsp3) is 0.364. The van der Waals surface area contributed by atoms with Gasteiger partial charge in [-0.05, 0) is 43.3 Å². The molecule has 0 aliphatic carbocycles. The zero-order chi connectivity index (χ0) is 12.1. The second-order valence-electron chi connectivity index (χ2n) is 4.04. The maximum absolute atomic E-state index is 4.27. The topological polar surface area (TPSA) is 53.9 Å². The molecule has 5 nitrogen and oxygen atoms in total. The fourth-order valence-corrected chi connectivity index (χ4v) is 1.93. The number of anilines is 1. The molecule has 0 amide bonds. The molecule has 2 aromatic heterocycles. The number of nitrogens with zero attached hydrogens (tertiary/aromatic N) is 4. The van der Waals surface area contributed by atoms with Crippen LogP contribution in [0.5, 0.6) is 0 Å². The molecule has 0 fully saturated rings. The van der Waals surface area contributed by atoms with E-state index in [1.165, 1.54) is 17.1 Å². The van der Waals surface area contributed by atoms with Crippen molar-refractivity contribution in [1.29, 1.82) is 0 Å². The van der Waals surface area contributed by atoms with E-state index in [2.05, 4.69) is 44.9 Å². The van der Waals surface area contributed by atoms with Crippen molar-refractivity contribution >= 4 is 17.4 Å². The Bertz CT molecular complexity index is 455. The van der Waals surface area contributed by atoms with Gasteiger partial charge in [-0.25, -0.2) is 4.98 Å². The summed E-state index contributed by atoms with van der Waals surface area (Å²) in [7, 11) is 4.10. The summed E-state index contributed by atoms with van der Waals surface area (Å²) in [6.07, 6.45) is 1.82. The summed E-state index contributed by atoms with van der Waals surface area (Å²) in [5.74, 6) is 0.873. The van der Waals surface area contributed by atoms with E-state index < -0.39 is 0 Å². The van der Waals surface area contributed by atoms with E-state index in [0.29, 0.717) is 6.54 Å². The molecular weight excluding hydrogens is 234 g/mol. The minimum Gasteiger partial charge on any atom is -0.364 e. The van der Waals surface area contributed by atoms with Gasteiger partial charge in [0.15, 0.2) is 0 Å². The van der Waals surface area contributed by atoms with Crippen LogP contribution in [-0.4, -0.2) is 33.6 Å². The van der Waals surface area contributed by atoms with Gasteiger partial charge in [0.05, 0.1) is 12.2 Å². The second-order valence-corrected chi connectivity index (χ2v) is 4.65. The van der Waals surface area contributed by atoms with Gasteiger partial charge in [-0.1, -0.05) is 4.49 Å². The first kappa shape index (κ1) is 11.9. The minimum atomic E-state index is 0.662. The molecule has 0 radical (unpaired) electrons. The van der Waals surface area contributed by atoms with Crippen LogP contribution in [0, 0.1) is 0 Å². The summed E-state index contributed by atoms with van der Waals surface area (Å²) in [4.78, 5) is 6.40. The maximum atomic E-state index is 4.27. The van der Waals surface area contributed by atoms with E-state index in [4.69, 9.17) is 0 Å². The number of rotatable bonds is 5. The molecule has 2 rings (SSSR count). The smallest absolute Gasteiger partial charge is 0.126 e. The molecule has 0 spiro atoms. The maximum Gasteiger partial charge on any atom is 0.126 e. The molecule has 17 heavy (non-hydrogen) atoms. The molecule has 0 aromatic carbocycles. The molecule has 2 heterocycles. The highest BCUT2D eigenvalue weighted by Crippen LogP contribution is 2.09. The Balaban J connectivity index is 1.96. The molecule has 0 saturated carbocycles. The van der Waals surface area contributed by atoms with Crippen LogP contribution in [0.2, 0.25) is 0 Å². The van der Waals surface area contributed by atoms with Crippen molar-refractivity contribution in [2.45, 2.75) is 13.1 Å². The van der Waals surface area contributed by atoms with Crippen molar-refractivity contribution in [3.05, 3.63) is 35.0 Å². The van der Waals surface area contributed by atoms with E-state index in [1.54, 1.807) is 0 Å². The Kier molecular flexibility index (Phi) is 4.00. The lowest BCUT2D eigenvalue weighted by Gasteiger charge is -2.10. The predicted octanol–water partition coefficient (Wildman–Crippen LogP) is 1.61. The number of hydrogen-bond donors (Lipinski definition) is 1. The van der Waals surface area contributed by atoms with E-state index in [1.807, 2.05) is 17.6 Å². The molecule has 0 atom stereocenters. The summed E-state index contributed by atoms with van der Waals surface area (Å²) in [6.45, 7) is 1.57. The lowest BCUT2D eigenvalue weighted by atomic mass is 10.2. The van der Waals surface area contributed by atoms with Crippen LogP contribution in [0.4, 0.5) is 5.82 Å². The minimum absolute atomic E-state index is 0.662. The third-order valence-corrected chi connectivity index (χ3v) is 2.73. The van der Waals surface area contributed by atoms with Crippen molar-refractivity contribution in [2.75, 3.05) is 19.4 Å². The van der Waals surface area contributed by atoms with Crippen LogP contribution in [0.3, 0.4) is 0 Å². The van der Waals surface area contributed by atoms with Gasteiger partial charge in [-0.15, -0.1) is 5.10 Å². The number of nitrogens with one attached hydrogen (secondary N) is 1. The highest BCUT2D eigenvalue weighted by molar-refractivity contribution is 7.03. The van der Waals surface area contributed by atoms with Crippen LogP contribution < -0.4 is 5.32 Å². The predicted molar refractivity (Wildman–Crippen MR) is 68.9 cm³/mol. The Morgan fingerprint density at radius 1 is 1.41 bits per heavy atom. The highest BCUT2D eigenvalue weighted by Gasteiger charge is 2.00. The first-order valence-electron chi connectivity index (χ1n) is 5.33. The van der Waals surface area contributed by atoms with Crippen molar-refractivity contribution < 1.29 is 0 Å². The zero-order valence-corrected chi connectivity index (χ0v) is 10.7. The second kappa shape index (κ2) is 5.70. The Morgan fingerprint density at radius 3 is 3.00 bits per heavy atom. The van der Waals surface area contributed by atoms with Crippen molar-refractivity contribution in [1.82, 2.24) is 19.5 Å². The molecule has 0 bridgehead atoms. The van der Waals surface area contributed by atoms with E-state index in [9.17, 15) is 0 Å². The molecule has 0 saturated heterocycles. The monoisotopic (exact) mass is 249 g/mol. The number of pyridine rings is 1. The van der Waals surface area contributed by atoms with Crippen LogP contribution in [0.25, 0.3) is 0 Å². The third-order valence-electron chi connectivity index (χ3n) is 2.18. The molecule has 0 aliphatic heterocycles. The SMILES string of the molecule is CN(C)Cc1ccnc(NCc2csnn2)c1. The highest BCUT2D eigenvalue weighted by atomic mass is 32.1. The molecule has 1 N–H and O–H groups in total. The summed E-state index contributed by atoms with van der Waals surface area (Å²) in [6, 6.07) is 4.08. The number of hydrogen-bond acceptors (Lipinski definition) is 6. The fourth-order valence-electron chi connectivity index (χ4n) is 1.48. The van der Waals surface area contributed by atoms with Gasteiger partial charge >= 0.3 is 0 Å². The van der Waals surface area contributed by atoms with E-state index in [0.717, 1.165) is 18.1 Å². The van der Waals surface area contributed by atoms with Crippen LogP contribution in [-0.2, 0) is 13.1 Å². The average Bonchev–Trinajstić information content (AvgIpc) is 2.79. The molecule has 0 aliphatic rings. The van der Waals surface area contributed by atoms with Gasteiger partial charge in [-0.2, -0.15) is 0 Å². The van der Waals surface area contributed by atoms with E-state index >= 15 is 0 Å². The van der Waals surface area contributed by atoms with Crippen LogP contribution in [0.15, 0.2) is 23.7 Å². The lowest BCUT2D eigenvalue weighted by molar-refractivity contribution is 0.402. The van der Waals surface area contributed by atoms with Crippen molar-refractivity contribution in [3.8, 4) is 0 Å². The third kappa shape index (κ3) is 3.76. The quantitative estimate of drug-likeness (QED) is 0.872. The van der Waals surface area contributed by atoms with Crippen LogP contribution in [0.1, 0.15) is 11.3 Å². The molecular formula is C11H15N5S. The molecule has 0 unspecified atom stereocenters. The van der Waals surface area contributed by atoms with Gasteiger partial charge in [0.1, 0.15) is 5.82 Å². The van der Waals surface area contributed by atoms with Gasteiger partial charge in [0.2, 0.25) is 0 Å². The molecule has 90 valence electrons. The Morgan fingerprint density at radius 2 is 2.29 bits per heavy atom. The summed E-state index contributed by atoms with van der Waals surface area (Å²) < 4.78 is 3.82. The van der Waals surface area contributed by atoms with Crippen molar-refractivity contribution in [2.24, 2.45) is 0 Å². The largest absolute Gasteiger partial charge is 0.364 e. The van der Waals surface area contributed by atoms with Gasteiger partial charge < -0.3 is 10.2 Å². The van der Waals surface area contributed by atoms with Crippen molar-refractivity contribution in [3.63, 3.8) is 0 Å². The first-order valence-corrected chi connectivity index (χ1v) is 6.17. The Hall–Kier alpha value is -1.53. The number of aromatic nitrogens is 3. The summed E-state index contributed by atoms with van der Waals surface area (Å²) >= 11 is 1.36. The van der Waals surface area contributed by atoms with E-state index in [-0.39, 0.29) is 0 Å². The standard InChI is InChI=1S/C11H15N5S/c1-16(2)7-9-3-4-12-11(5-9)13-6-10-8-17-15-14-10/h3-5,8H,6-7H2,1-2H3,(H,12,13). The summed E-state index contributed by atoms with van der Waals surface area (Å²) in [5.41, 5.74) is 2.18. The normalized spacial score (nSPS) is 10.8. The molecule has 2 aromatic rings. The van der Waals surface area contributed by atoms with Gasteiger partial charge in [0.25, 0.3) is 0 Å². The van der Waals surface area contributed by atoms with Gasteiger partial charge in [-0.3, -0.25) is 0 Å². The lowest BCUT2D eigenvalue weighted by Crippen LogP contribution is -2.11. The Labute approximate surface area is 105 Å². The first-order chi connectivity index (χ1) is 8.24. The molecule has 6 heteroatoms.